The van der Waals surface area contributed by atoms with Crippen LogP contribution in [-0.4, -0.2) is 50.3 Å². The molecule has 6 heteroatoms. The fraction of sp³-hybridized carbons (Fsp3) is 0.643. The lowest BCUT2D eigenvalue weighted by atomic mass is 10.3. The van der Waals surface area contributed by atoms with E-state index in [9.17, 15) is 0 Å². The van der Waals surface area contributed by atoms with E-state index in [-0.39, 0.29) is 0 Å². The van der Waals surface area contributed by atoms with Gasteiger partial charge in [0, 0.05) is 29.4 Å². The molecule has 0 saturated carbocycles. The maximum atomic E-state index is 5.86. The van der Waals surface area contributed by atoms with Crippen molar-refractivity contribution in [2.24, 2.45) is 10.7 Å². The van der Waals surface area contributed by atoms with E-state index in [0.29, 0.717) is 12.5 Å². The van der Waals surface area contributed by atoms with Crippen LogP contribution in [0.25, 0.3) is 0 Å². The van der Waals surface area contributed by atoms with Crippen LogP contribution in [0.4, 0.5) is 0 Å². The molecule has 0 amide bonds. The molecule has 0 unspecified atom stereocenters. The molecule has 1 aromatic rings. The van der Waals surface area contributed by atoms with Crippen molar-refractivity contribution >= 4 is 17.3 Å². The average molecular weight is 296 g/mol. The first kappa shape index (κ1) is 15.3. The fourth-order valence-corrected chi connectivity index (χ4v) is 2.95. The number of aryl methyl sites for hydroxylation is 1. The molecule has 2 rings (SSSR count). The number of rotatable bonds is 6. The van der Waals surface area contributed by atoms with Crippen LogP contribution in [0, 0.1) is 6.92 Å². The number of thiophene rings is 1. The van der Waals surface area contributed by atoms with Gasteiger partial charge in [0.05, 0.1) is 19.8 Å². The minimum absolute atomic E-state index is 0.540. The Morgan fingerprint density at radius 3 is 2.95 bits per heavy atom. The summed E-state index contributed by atoms with van der Waals surface area (Å²) < 4.78 is 5.32. The predicted octanol–water partition coefficient (Wildman–Crippen LogP) is 1.18. The minimum atomic E-state index is 0.540. The number of morpholine rings is 1. The molecule has 112 valence electrons. The molecule has 20 heavy (non-hydrogen) atoms. The average Bonchev–Trinajstić information content (AvgIpc) is 2.88. The zero-order valence-electron chi connectivity index (χ0n) is 12.1. The van der Waals surface area contributed by atoms with Crippen LogP contribution in [0.1, 0.15) is 16.2 Å². The van der Waals surface area contributed by atoms with Gasteiger partial charge in [-0.25, -0.2) is 4.99 Å². The Labute approximate surface area is 124 Å². The van der Waals surface area contributed by atoms with Crippen molar-refractivity contribution in [2.45, 2.75) is 19.9 Å². The first-order valence-corrected chi connectivity index (χ1v) is 7.95. The maximum absolute atomic E-state index is 5.86. The number of aliphatic imine (C=N–C) groups is 1. The van der Waals surface area contributed by atoms with Crippen LogP contribution in [-0.2, 0) is 11.3 Å². The van der Waals surface area contributed by atoms with Gasteiger partial charge >= 0.3 is 0 Å². The van der Waals surface area contributed by atoms with Crippen LogP contribution in [0.5, 0.6) is 0 Å². The third-order valence-electron chi connectivity index (χ3n) is 3.26. The van der Waals surface area contributed by atoms with Gasteiger partial charge < -0.3 is 15.8 Å². The summed E-state index contributed by atoms with van der Waals surface area (Å²) in [4.78, 5) is 9.34. The van der Waals surface area contributed by atoms with Gasteiger partial charge in [0.15, 0.2) is 5.96 Å². The number of nitrogens with one attached hydrogen (secondary N) is 1. The summed E-state index contributed by atoms with van der Waals surface area (Å²) in [5.41, 5.74) is 5.86. The fourth-order valence-electron chi connectivity index (χ4n) is 2.13. The lowest BCUT2D eigenvalue weighted by Gasteiger charge is -2.26. The Kier molecular flexibility index (Phi) is 6.29. The van der Waals surface area contributed by atoms with Crippen molar-refractivity contribution in [3.63, 3.8) is 0 Å². The Bertz CT molecular complexity index is 427. The standard InChI is InChI=1S/C14H24N4OS/c1-12-3-4-13(20-12)11-17-14(15)16-5-2-6-18-7-9-19-10-8-18/h3-4H,2,5-11H2,1H3,(H3,15,16,17). The first-order valence-electron chi connectivity index (χ1n) is 7.13. The highest BCUT2D eigenvalue weighted by atomic mass is 32.1. The van der Waals surface area contributed by atoms with Crippen molar-refractivity contribution < 1.29 is 4.74 Å². The van der Waals surface area contributed by atoms with E-state index >= 15 is 0 Å². The topological polar surface area (TPSA) is 62.9 Å². The van der Waals surface area contributed by atoms with Crippen LogP contribution in [0.15, 0.2) is 17.1 Å². The molecular formula is C14H24N4OS. The van der Waals surface area contributed by atoms with Gasteiger partial charge in [0.2, 0.25) is 0 Å². The normalized spacial score (nSPS) is 17.4. The number of guanidine groups is 1. The summed E-state index contributed by atoms with van der Waals surface area (Å²) in [5.74, 6) is 0.540. The predicted molar refractivity (Wildman–Crippen MR) is 84.3 cm³/mol. The van der Waals surface area contributed by atoms with E-state index in [1.165, 1.54) is 9.75 Å². The van der Waals surface area contributed by atoms with Crippen molar-refractivity contribution in [1.29, 1.82) is 0 Å². The summed E-state index contributed by atoms with van der Waals surface area (Å²) in [6.07, 6.45) is 1.08. The summed E-state index contributed by atoms with van der Waals surface area (Å²) in [6.45, 7) is 8.53. The summed E-state index contributed by atoms with van der Waals surface area (Å²) in [6, 6.07) is 4.22. The molecule has 0 atom stereocenters. The molecule has 1 aromatic heterocycles. The Hall–Kier alpha value is -1.11. The Balaban J connectivity index is 1.58. The second kappa shape index (κ2) is 8.24. The van der Waals surface area contributed by atoms with E-state index in [0.717, 1.165) is 45.8 Å². The van der Waals surface area contributed by atoms with Crippen molar-refractivity contribution in [2.75, 3.05) is 39.4 Å². The van der Waals surface area contributed by atoms with Crippen molar-refractivity contribution in [3.05, 3.63) is 21.9 Å². The number of hydrogen-bond donors (Lipinski definition) is 2. The Morgan fingerprint density at radius 2 is 2.25 bits per heavy atom. The molecular weight excluding hydrogens is 272 g/mol. The van der Waals surface area contributed by atoms with Crippen LogP contribution in [0.3, 0.4) is 0 Å². The summed E-state index contributed by atoms with van der Waals surface area (Å²) in [5, 5.41) is 3.17. The largest absolute Gasteiger partial charge is 0.379 e. The minimum Gasteiger partial charge on any atom is -0.379 e. The van der Waals surface area contributed by atoms with Gasteiger partial charge in [-0.05, 0) is 32.0 Å². The number of nitrogens with zero attached hydrogens (tertiary/aromatic N) is 2. The molecule has 2 heterocycles. The number of ether oxygens (including phenoxy) is 1. The van der Waals surface area contributed by atoms with Crippen LogP contribution < -0.4 is 11.1 Å². The zero-order valence-corrected chi connectivity index (χ0v) is 12.9. The van der Waals surface area contributed by atoms with E-state index in [1.54, 1.807) is 11.3 Å². The van der Waals surface area contributed by atoms with E-state index in [1.807, 2.05) is 0 Å². The molecule has 0 radical (unpaired) electrons. The van der Waals surface area contributed by atoms with Crippen molar-refractivity contribution in [3.8, 4) is 0 Å². The zero-order chi connectivity index (χ0) is 14.2. The number of hydrogen-bond acceptors (Lipinski definition) is 4. The van der Waals surface area contributed by atoms with Gasteiger partial charge in [0.25, 0.3) is 0 Å². The molecule has 0 aliphatic carbocycles. The summed E-state index contributed by atoms with van der Waals surface area (Å²) in [7, 11) is 0. The quantitative estimate of drug-likeness (QED) is 0.470. The molecule has 1 fully saturated rings. The monoisotopic (exact) mass is 296 g/mol. The second-order valence-corrected chi connectivity index (χ2v) is 6.32. The molecule has 1 saturated heterocycles. The lowest BCUT2D eigenvalue weighted by molar-refractivity contribution is 0.0376. The highest BCUT2D eigenvalue weighted by Crippen LogP contribution is 2.15. The molecule has 0 aromatic carbocycles. The van der Waals surface area contributed by atoms with Gasteiger partial charge in [-0.3, -0.25) is 4.90 Å². The smallest absolute Gasteiger partial charge is 0.188 e. The summed E-state index contributed by atoms with van der Waals surface area (Å²) >= 11 is 1.77. The third kappa shape index (κ3) is 5.48. The molecule has 0 bridgehead atoms. The molecule has 3 N–H and O–H groups in total. The highest BCUT2D eigenvalue weighted by Gasteiger charge is 2.08. The molecule has 1 aliphatic heterocycles. The number of nitrogens with two attached hydrogens (primary N) is 1. The molecule has 1 aliphatic rings. The van der Waals surface area contributed by atoms with Gasteiger partial charge in [-0.2, -0.15) is 0 Å². The van der Waals surface area contributed by atoms with E-state index in [2.05, 4.69) is 34.3 Å². The highest BCUT2D eigenvalue weighted by molar-refractivity contribution is 7.11. The maximum Gasteiger partial charge on any atom is 0.188 e. The second-order valence-electron chi connectivity index (χ2n) is 4.95. The first-order chi connectivity index (χ1) is 9.74. The lowest BCUT2D eigenvalue weighted by Crippen LogP contribution is -2.39. The van der Waals surface area contributed by atoms with Crippen LogP contribution >= 0.6 is 11.3 Å². The van der Waals surface area contributed by atoms with Gasteiger partial charge in [-0.1, -0.05) is 0 Å². The molecule has 0 spiro atoms. The SMILES string of the molecule is Cc1ccc(CN=C(N)NCCCN2CCOCC2)s1. The van der Waals surface area contributed by atoms with E-state index < -0.39 is 0 Å². The van der Waals surface area contributed by atoms with E-state index in [4.69, 9.17) is 10.5 Å². The van der Waals surface area contributed by atoms with Gasteiger partial charge in [-0.15, -0.1) is 11.3 Å². The van der Waals surface area contributed by atoms with Gasteiger partial charge in [0.1, 0.15) is 0 Å². The van der Waals surface area contributed by atoms with Crippen molar-refractivity contribution in [1.82, 2.24) is 10.2 Å². The Morgan fingerprint density at radius 1 is 1.45 bits per heavy atom. The third-order valence-corrected chi connectivity index (χ3v) is 4.25. The van der Waals surface area contributed by atoms with Crippen LogP contribution in [0.2, 0.25) is 0 Å². The molecule has 5 nitrogen and oxygen atoms in total.